The fraction of sp³-hybridized carbons (Fsp3) is 0.238. The molecule has 1 aliphatic heterocycles. The van der Waals surface area contributed by atoms with E-state index in [1.54, 1.807) is 29.3 Å². The van der Waals surface area contributed by atoms with Gasteiger partial charge in [-0.25, -0.2) is 4.98 Å². The van der Waals surface area contributed by atoms with Crippen molar-refractivity contribution >= 4 is 28.3 Å². The van der Waals surface area contributed by atoms with E-state index in [0.717, 1.165) is 35.6 Å². The Morgan fingerprint density at radius 2 is 1.78 bits per heavy atom. The van der Waals surface area contributed by atoms with Crippen LogP contribution in [-0.2, 0) is 10.9 Å². The molecule has 0 bridgehead atoms. The number of hydrogen-bond donors (Lipinski definition) is 1. The molecule has 0 spiro atoms. The first-order valence-corrected chi connectivity index (χ1v) is 10.4. The molecule has 166 valence electrons. The minimum Gasteiger partial charge on any atom is -0.378 e. The van der Waals surface area contributed by atoms with Crippen LogP contribution in [0, 0.1) is 0 Å². The molecule has 0 unspecified atom stereocenters. The summed E-state index contributed by atoms with van der Waals surface area (Å²) in [5.74, 6) is -0.883. The third kappa shape index (κ3) is 4.78. The van der Waals surface area contributed by atoms with Gasteiger partial charge in [-0.15, -0.1) is 0 Å². The molecule has 0 saturated carbocycles. The van der Waals surface area contributed by atoms with Crippen molar-refractivity contribution in [3.63, 3.8) is 0 Å². The van der Waals surface area contributed by atoms with E-state index in [2.05, 4.69) is 15.3 Å². The summed E-state index contributed by atoms with van der Waals surface area (Å²) in [7, 11) is 0. The predicted molar refractivity (Wildman–Crippen MR) is 111 cm³/mol. The molecule has 32 heavy (non-hydrogen) atoms. The Balaban J connectivity index is 1.61. The number of amides is 2. The third-order valence-electron chi connectivity index (χ3n) is 4.72. The summed E-state index contributed by atoms with van der Waals surface area (Å²) in [4.78, 5) is 36.2. The molecule has 1 fully saturated rings. The summed E-state index contributed by atoms with van der Waals surface area (Å²) >= 11 is 0.991. The van der Waals surface area contributed by atoms with Crippen molar-refractivity contribution in [3.05, 3.63) is 64.7 Å². The molecule has 2 aromatic heterocycles. The number of benzene rings is 1. The van der Waals surface area contributed by atoms with Gasteiger partial charge in [-0.2, -0.15) is 13.2 Å². The lowest BCUT2D eigenvalue weighted by atomic mass is 10.1. The van der Waals surface area contributed by atoms with Gasteiger partial charge < -0.3 is 9.64 Å². The summed E-state index contributed by atoms with van der Waals surface area (Å²) in [6.07, 6.45) is -2.92. The second-order valence-corrected chi connectivity index (χ2v) is 7.84. The standard InChI is InChI=1S/C21H17F3N4O3S/c22-21(23,24)14-6-4-13(5-7-14)18(29)27-20-26-16(15-3-1-2-8-25-15)17(32-20)19(30)28-9-11-31-12-10-28/h1-8H,9-12H2,(H,26,27,29). The number of aromatic nitrogens is 2. The van der Waals surface area contributed by atoms with Crippen molar-refractivity contribution in [1.82, 2.24) is 14.9 Å². The Morgan fingerprint density at radius 1 is 1.06 bits per heavy atom. The summed E-state index contributed by atoms with van der Waals surface area (Å²) in [6.45, 7) is 1.74. The smallest absolute Gasteiger partial charge is 0.378 e. The van der Waals surface area contributed by atoms with E-state index in [4.69, 9.17) is 4.74 Å². The van der Waals surface area contributed by atoms with Crippen LogP contribution < -0.4 is 5.32 Å². The Bertz CT molecular complexity index is 1110. The molecule has 2 amide bonds. The van der Waals surface area contributed by atoms with E-state index < -0.39 is 17.6 Å². The van der Waals surface area contributed by atoms with E-state index in [-0.39, 0.29) is 16.6 Å². The molecule has 1 N–H and O–H groups in total. The fourth-order valence-corrected chi connectivity index (χ4v) is 4.02. The van der Waals surface area contributed by atoms with Gasteiger partial charge in [-0.1, -0.05) is 17.4 Å². The highest BCUT2D eigenvalue weighted by Crippen LogP contribution is 2.32. The van der Waals surface area contributed by atoms with Crippen molar-refractivity contribution in [3.8, 4) is 11.4 Å². The fourth-order valence-electron chi connectivity index (χ4n) is 3.08. The topological polar surface area (TPSA) is 84.4 Å². The third-order valence-corrected chi connectivity index (χ3v) is 5.68. The quantitative estimate of drug-likeness (QED) is 0.635. The Kier molecular flexibility index (Phi) is 6.19. The van der Waals surface area contributed by atoms with Crippen LogP contribution in [0.5, 0.6) is 0 Å². The number of thiazole rings is 1. The van der Waals surface area contributed by atoms with Crippen LogP contribution in [0.4, 0.5) is 18.3 Å². The number of alkyl halides is 3. The molecule has 7 nitrogen and oxygen atoms in total. The maximum atomic E-state index is 13.1. The first kappa shape index (κ1) is 21.9. The molecule has 1 aliphatic rings. The van der Waals surface area contributed by atoms with Gasteiger partial charge in [0.25, 0.3) is 11.8 Å². The van der Waals surface area contributed by atoms with Gasteiger partial charge in [0.2, 0.25) is 0 Å². The highest BCUT2D eigenvalue weighted by Gasteiger charge is 2.30. The molecule has 4 rings (SSSR count). The lowest BCUT2D eigenvalue weighted by molar-refractivity contribution is -0.137. The zero-order chi connectivity index (χ0) is 22.7. The first-order valence-electron chi connectivity index (χ1n) is 9.61. The van der Waals surface area contributed by atoms with Gasteiger partial charge in [0.15, 0.2) is 5.13 Å². The molecule has 1 saturated heterocycles. The van der Waals surface area contributed by atoms with Crippen molar-refractivity contribution < 1.29 is 27.5 Å². The minimum atomic E-state index is -4.49. The molecule has 3 aromatic rings. The molecule has 0 radical (unpaired) electrons. The summed E-state index contributed by atoms with van der Waals surface area (Å²) < 4.78 is 43.5. The van der Waals surface area contributed by atoms with Crippen LogP contribution in [0.15, 0.2) is 48.7 Å². The predicted octanol–water partition coefficient (Wildman–Crippen LogP) is 3.95. The second kappa shape index (κ2) is 9.05. The number of nitrogens with zero attached hydrogens (tertiary/aromatic N) is 3. The molecule has 0 atom stereocenters. The average molecular weight is 462 g/mol. The molecular weight excluding hydrogens is 445 g/mol. The largest absolute Gasteiger partial charge is 0.416 e. The van der Waals surface area contributed by atoms with Crippen LogP contribution in [0.1, 0.15) is 25.6 Å². The lowest BCUT2D eigenvalue weighted by Gasteiger charge is -2.26. The maximum Gasteiger partial charge on any atom is 0.416 e. The van der Waals surface area contributed by atoms with E-state index >= 15 is 0 Å². The van der Waals surface area contributed by atoms with Crippen LogP contribution in [0.25, 0.3) is 11.4 Å². The van der Waals surface area contributed by atoms with Crippen LogP contribution in [0.3, 0.4) is 0 Å². The summed E-state index contributed by atoms with van der Waals surface area (Å²) in [5.41, 5.74) is -0.0158. The average Bonchev–Trinajstić information content (AvgIpc) is 3.23. The number of nitrogens with one attached hydrogen (secondary N) is 1. The number of morpholine rings is 1. The van der Waals surface area contributed by atoms with Crippen molar-refractivity contribution in [1.29, 1.82) is 0 Å². The van der Waals surface area contributed by atoms with Crippen molar-refractivity contribution in [2.24, 2.45) is 0 Å². The van der Waals surface area contributed by atoms with Gasteiger partial charge in [0.05, 0.1) is 24.5 Å². The molecule has 3 heterocycles. The second-order valence-electron chi connectivity index (χ2n) is 6.85. The summed E-state index contributed by atoms with van der Waals surface area (Å²) in [5, 5.41) is 2.71. The SMILES string of the molecule is O=C(Nc1nc(-c2ccccn2)c(C(=O)N2CCOCC2)s1)c1ccc(C(F)(F)F)cc1. The van der Waals surface area contributed by atoms with Gasteiger partial charge >= 0.3 is 6.18 Å². The number of halogens is 3. The van der Waals surface area contributed by atoms with E-state index in [1.165, 1.54) is 0 Å². The number of ether oxygens (including phenoxy) is 1. The summed E-state index contributed by atoms with van der Waals surface area (Å²) in [6, 6.07) is 9.04. The lowest BCUT2D eigenvalue weighted by Crippen LogP contribution is -2.40. The van der Waals surface area contributed by atoms with E-state index in [0.29, 0.717) is 42.6 Å². The Morgan fingerprint density at radius 3 is 2.41 bits per heavy atom. The van der Waals surface area contributed by atoms with Crippen molar-refractivity contribution in [2.75, 3.05) is 31.6 Å². The molecular formula is C21H17F3N4O3S. The maximum absolute atomic E-state index is 13.1. The van der Waals surface area contributed by atoms with E-state index in [1.807, 2.05) is 0 Å². The minimum absolute atomic E-state index is 0.0358. The van der Waals surface area contributed by atoms with Gasteiger partial charge in [-0.3, -0.25) is 19.9 Å². The highest BCUT2D eigenvalue weighted by molar-refractivity contribution is 7.18. The number of carbonyl (C=O) groups is 2. The van der Waals surface area contributed by atoms with Crippen LogP contribution >= 0.6 is 11.3 Å². The van der Waals surface area contributed by atoms with Crippen LogP contribution in [0.2, 0.25) is 0 Å². The first-order chi connectivity index (χ1) is 15.3. The van der Waals surface area contributed by atoms with Crippen molar-refractivity contribution in [2.45, 2.75) is 6.18 Å². The zero-order valence-electron chi connectivity index (χ0n) is 16.6. The highest BCUT2D eigenvalue weighted by atomic mass is 32.1. The van der Waals surface area contributed by atoms with Crippen LogP contribution in [-0.4, -0.2) is 53.0 Å². The number of rotatable bonds is 4. The number of pyridine rings is 1. The molecule has 0 aliphatic carbocycles. The Labute approximate surface area is 184 Å². The normalized spacial score (nSPS) is 14.3. The molecule has 11 heteroatoms. The molecule has 1 aromatic carbocycles. The number of anilines is 1. The van der Waals surface area contributed by atoms with Gasteiger partial charge in [-0.05, 0) is 36.4 Å². The van der Waals surface area contributed by atoms with Gasteiger partial charge in [0, 0.05) is 24.8 Å². The van der Waals surface area contributed by atoms with Gasteiger partial charge in [0.1, 0.15) is 10.6 Å². The van der Waals surface area contributed by atoms with E-state index in [9.17, 15) is 22.8 Å². The number of hydrogen-bond acceptors (Lipinski definition) is 6. The Hall–Kier alpha value is -3.31. The zero-order valence-corrected chi connectivity index (χ0v) is 17.4. The number of carbonyl (C=O) groups excluding carboxylic acids is 2. The monoisotopic (exact) mass is 462 g/mol.